The van der Waals surface area contributed by atoms with Crippen LogP contribution in [-0.4, -0.2) is 65.5 Å². The number of rotatable bonds is 3. The van der Waals surface area contributed by atoms with Gasteiger partial charge in [-0.25, -0.2) is 27.8 Å². The minimum absolute atomic E-state index is 0.0528. The van der Waals surface area contributed by atoms with E-state index >= 15 is 8.78 Å². The van der Waals surface area contributed by atoms with Gasteiger partial charge >= 0.3 is 5.69 Å². The first-order valence-corrected chi connectivity index (χ1v) is 15.1. The fraction of sp³-hybridized carbons (Fsp3) is 0.333. The van der Waals surface area contributed by atoms with Crippen molar-refractivity contribution in [3.05, 3.63) is 94.3 Å². The quantitative estimate of drug-likeness (QED) is 0.339. The van der Waals surface area contributed by atoms with Crippen molar-refractivity contribution in [1.82, 2.24) is 34.4 Å². The number of anilines is 1. The van der Waals surface area contributed by atoms with Crippen molar-refractivity contribution >= 4 is 28.5 Å². The molecule has 2 atom stereocenters. The van der Waals surface area contributed by atoms with Crippen LogP contribution >= 0.6 is 0 Å². The number of piperazine rings is 1. The van der Waals surface area contributed by atoms with Gasteiger partial charge in [0.2, 0.25) is 5.91 Å². The summed E-state index contributed by atoms with van der Waals surface area (Å²) in [6, 6.07) is 5.13. The Labute approximate surface area is 264 Å². The average Bonchev–Trinajstić information content (AvgIpc) is 3.44. The predicted molar refractivity (Wildman–Crippen MR) is 172 cm³/mol. The van der Waals surface area contributed by atoms with Gasteiger partial charge in [-0.3, -0.25) is 4.79 Å². The van der Waals surface area contributed by atoms with E-state index in [1.54, 1.807) is 21.8 Å². The number of carbonyl (C=O) groups is 1. The second-order valence-corrected chi connectivity index (χ2v) is 12.2. The van der Waals surface area contributed by atoms with Gasteiger partial charge in [-0.2, -0.15) is 4.98 Å². The zero-order chi connectivity index (χ0) is 33.0. The van der Waals surface area contributed by atoms with Gasteiger partial charge in [0.1, 0.15) is 23.1 Å². The number of hydrogen-bond donors (Lipinski definition) is 1. The molecule has 11 nitrogen and oxygen atoms in total. The van der Waals surface area contributed by atoms with E-state index in [0.717, 1.165) is 0 Å². The molecule has 6 rings (SSSR count). The van der Waals surface area contributed by atoms with Gasteiger partial charge in [0.15, 0.2) is 5.65 Å². The highest BCUT2D eigenvalue weighted by Gasteiger charge is 2.34. The first-order chi connectivity index (χ1) is 21.9. The highest BCUT2D eigenvalue weighted by molar-refractivity contribution is 5.93. The van der Waals surface area contributed by atoms with Crippen LogP contribution in [0.3, 0.4) is 0 Å². The fourth-order valence-electron chi connectivity index (χ4n) is 6.29. The molecular weight excluding hydrogens is 592 g/mol. The highest BCUT2D eigenvalue weighted by Crippen LogP contribution is 2.36. The largest absolute Gasteiger partial charge is 0.400 e. The molecule has 0 saturated carbocycles. The number of allylic oxidation sites excluding steroid dienone is 3. The average molecular weight is 628 g/mol. The molecule has 0 unspecified atom stereocenters. The highest BCUT2D eigenvalue weighted by atomic mass is 19.1. The second-order valence-electron chi connectivity index (χ2n) is 12.2. The molecular formula is C33H35F2N9O2. The van der Waals surface area contributed by atoms with E-state index in [4.69, 9.17) is 10.7 Å². The van der Waals surface area contributed by atoms with Crippen LogP contribution in [0.15, 0.2) is 65.8 Å². The third kappa shape index (κ3) is 5.05. The lowest BCUT2D eigenvalue weighted by Gasteiger charge is -2.44. The van der Waals surface area contributed by atoms with E-state index in [1.807, 2.05) is 32.6 Å². The Balaban J connectivity index is 1.70. The zero-order valence-electron chi connectivity index (χ0n) is 26.2. The Morgan fingerprint density at radius 3 is 2.61 bits per heavy atom. The molecule has 1 aromatic carbocycles. The number of fused-ring (bicyclic) bond motifs is 4. The molecule has 4 aromatic rings. The summed E-state index contributed by atoms with van der Waals surface area (Å²) >= 11 is 0. The molecule has 1 saturated heterocycles. The van der Waals surface area contributed by atoms with E-state index in [1.165, 1.54) is 28.8 Å². The van der Waals surface area contributed by atoms with Crippen LogP contribution in [0.1, 0.15) is 39.0 Å². The van der Waals surface area contributed by atoms with Crippen LogP contribution in [-0.2, 0) is 17.8 Å². The molecule has 1 fully saturated rings. The van der Waals surface area contributed by atoms with E-state index in [2.05, 4.69) is 28.5 Å². The van der Waals surface area contributed by atoms with E-state index in [9.17, 15) is 9.59 Å². The lowest BCUT2D eigenvalue weighted by Crippen LogP contribution is -2.58. The van der Waals surface area contributed by atoms with Crippen molar-refractivity contribution in [3.8, 4) is 11.3 Å². The van der Waals surface area contributed by atoms with Gasteiger partial charge in [-0.05, 0) is 49.1 Å². The summed E-state index contributed by atoms with van der Waals surface area (Å²) in [6.07, 6.45) is 3.04. The first kappa shape index (κ1) is 30.8. The van der Waals surface area contributed by atoms with Gasteiger partial charge < -0.3 is 15.5 Å². The molecule has 238 valence electrons. The Kier molecular flexibility index (Phi) is 7.78. The monoisotopic (exact) mass is 627 g/mol. The smallest absolute Gasteiger partial charge is 0.355 e. The maximum Gasteiger partial charge on any atom is 0.355 e. The summed E-state index contributed by atoms with van der Waals surface area (Å²) in [7, 11) is 0. The molecule has 2 aliphatic heterocycles. The number of amides is 1. The third-order valence-corrected chi connectivity index (χ3v) is 8.72. The second kappa shape index (κ2) is 11.6. The number of carbonyl (C=O) groups excluding carboxylic acids is 1. The SMILES string of the molecule is C=CC(=O)N1C[C@H](C)N(c2nc(=O)n3c4nc(c(F)cc24)-c2c(F)cccc2Cn2nncc2CC(=C)/C3=C(\N)C(C)C)C[C@H]1C. The maximum atomic E-state index is 16.4. The van der Waals surface area contributed by atoms with Crippen LogP contribution in [0, 0.1) is 17.6 Å². The molecule has 0 aliphatic carbocycles. The van der Waals surface area contributed by atoms with Gasteiger partial charge in [-0.15, -0.1) is 5.10 Å². The predicted octanol–water partition coefficient (Wildman–Crippen LogP) is 3.88. The van der Waals surface area contributed by atoms with Gasteiger partial charge in [-0.1, -0.05) is 44.4 Å². The van der Waals surface area contributed by atoms with Crippen molar-refractivity contribution in [2.75, 3.05) is 18.0 Å². The number of hydrogen-bond acceptors (Lipinski definition) is 8. The minimum atomic E-state index is -0.801. The van der Waals surface area contributed by atoms with E-state index in [-0.39, 0.29) is 70.7 Å². The van der Waals surface area contributed by atoms with Crippen LogP contribution < -0.4 is 16.3 Å². The topological polar surface area (TPSA) is 128 Å². The van der Waals surface area contributed by atoms with Crippen molar-refractivity contribution in [1.29, 1.82) is 0 Å². The van der Waals surface area contributed by atoms with Gasteiger partial charge in [0, 0.05) is 42.9 Å². The van der Waals surface area contributed by atoms with E-state index in [0.29, 0.717) is 35.6 Å². The van der Waals surface area contributed by atoms with Crippen molar-refractivity contribution in [2.45, 2.75) is 52.7 Å². The Morgan fingerprint density at radius 2 is 1.89 bits per heavy atom. The van der Waals surface area contributed by atoms with Crippen molar-refractivity contribution < 1.29 is 13.6 Å². The Morgan fingerprint density at radius 1 is 1.13 bits per heavy atom. The summed E-state index contributed by atoms with van der Waals surface area (Å²) in [5.41, 5.74) is 7.85. The number of aromatic nitrogens is 6. The Hall–Kier alpha value is -5.20. The normalized spacial score (nSPS) is 19.5. The number of nitrogens with two attached hydrogens (primary N) is 1. The Bertz CT molecular complexity index is 2010. The molecule has 2 aliphatic rings. The lowest BCUT2D eigenvalue weighted by molar-refractivity contribution is -0.128. The molecule has 5 heterocycles. The zero-order valence-corrected chi connectivity index (χ0v) is 26.2. The van der Waals surface area contributed by atoms with Crippen LogP contribution in [0.5, 0.6) is 0 Å². The van der Waals surface area contributed by atoms with Crippen LogP contribution in [0.25, 0.3) is 28.0 Å². The summed E-state index contributed by atoms with van der Waals surface area (Å²) in [5, 5.41) is 8.47. The third-order valence-electron chi connectivity index (χ3n) is 8.72. The molecule has 13 heteroatoms. The molecule has 46 heavy (non-hydrogen) atoms. The van der Waals surface area contributed by atoms with Crippen LogP contribution in [0.2, 0.25) is 0 Å². The molecule has 3 aromatic heterocycles. The van der Waals surface area contributed by atoms with Gasteiger partial charge in [0.25, 0.3) is 0 Å². The molecule has 0 radical (unpaired) electrons. The lowest BCUT2D eigenvalue weighted by atomic mass is 9.99. The van der Waals surface area contributed by atoms with Crippen molar-refractivity contribution in [3.63, 3.8) is 0 Å². The van der Waals surface area contributed by atoms with E-state index < -0.39 is 17.3 Å². The molecule has 1 amide bonds. The minimum Gasteiger partial charge on any atom is -0.400 e. The summed E-state index contributed by atoms with van der Waals surface area (Å²) in [5.74, 6) is -1.71. The van der Waals surface area contributed by atoms with Gasteiger partial charge in [0.05, 0.1) is 29.5 Å². The summed E-state index contributed by atoms with van der Waals surface area (Å²) in [6.45, 7) is 16.2. The van der Waals surface area contributed by atoms with Crippen molar-refractivity contribution in [2.24, 2.45) is 11.7 Å². The first-order valence-electron chi connectivity index (χ1n) is 15.1. The summed E-state index contributed by atoms with van der Waals surface area (Å²) in [4.78, 5) is 39.5. The number of nitrogens with zero attached hydrogens (tertiary/aromatic N) is 8. The standard InChI is InChI=1S/C33H35F2N9O2/c1-7-26(45)41-14-20(6)42(15-19(41)5)31-23-12-25(35)29-27-21(9-8-10-24(27)34)16-43-22(13-37-40-43)11-18(4)30(28(36)17(2)3)44(32(23)38-29)33(46)39-31/h7-10,12-13,17,19-20H,1,4,11,14-16,36H2,2-3,5-6H3/b30-28+/t19-,20+/m1/s1. The molecule has 2 N–H and O–H groups in total. The van der Waals surface area contributed by atoms with Crippen LogP contribution in [0.4, 0.5) is 14.6 Å². The number of pyridine rings is 1. The molecule has 2 bridgehead atoms. The summed E-state index contributed by atoms with van der Waals surface area (Å²) < 4.78 is 34.8. The number of halogens is 2. The number of benzene rings is 1. The molecule has 0 spiro atoms. The maximum absolute atomic E-state index is 16.4. The fourth-order valence-corrected chi connectivity index (χ4v) is 6.29.